The van der Waals surface area contributed by atoms with Crippen molar-refractivity contribution in [3.05, 3.63) is 17.7 Å². The summed E-state index contributed by atoms with van der Waals surface area (Å²) < 4.78 is 0. The molecule has 0 aliphatic carbocycles. The van der Waals surface area contributed by atoms with Crippen LogP contribution in [0.25, 0.3) is 0 Å². The normalized spacial score (nSPS) is 26.8. The summed E-state index contributed by atoms with van der Waals surface area (Å²) in [4.78, 5) is 26.1. The molecular formula is C18H31N5O2. The third-order valence-corrected chi connectivity index (χ3v) is 5.82. The standard InChI is InChI=1S/C18H31N5O2/c1-14-16(20-13-19-14)12-22-6-5-17(15(11-22)3-4-18(24)25)23-9-7-21(2)8-10-23/h13,15,17H,3-12H2,1-2H3,(H,19,20)(H,24,25)/t15-,17+/m0/s1. The lowest BCUT2D eigenvalue weighted by molar-refractivity contribution is -0.137. The van der Waals surface area contributed by atoms with Gasteiger partial charge in [-0.25, -0.2) is 4.98 Å². The molecule has 7 heteroatoms. The number of hydrogen-bond donors (Lipinski definition) is 2. The van der Waals surface area contributed by atoms with Gasteiger partial charge < -0.3 is 15.0 Å². The number of aliphatic carboxylic acids is 1. The number of hydrogen-bond acceptors (Lipinski definition) is 5. The summed E-state index contributed by atoms with van der Waals surface area (Å²) in [5.41, 5.74) is 2.23. The number of likely N-dealkylation sites (tertiary alicyclic amines) is 1. The van der Waals surface area contributed by atoms with Crippen LogP contribution in [0, 0.1) is 12.8 Å². The quantitative estimate of drug-likeness (QED) is 0.799. The zero-order chi connectivity index (χ0) is 17.8. The number of carboxylic acids is 1. The number of aryl methyl sites for hydroxylation is 1. The van der Waals surface area contributed by atoms with Crippen LogP contribution in [0.4, 0.5) is 0 Å². The molecule has 0 radical (unpaired) electrons. The fourth-order valence-corrected chi connectivity index (χ4v) is 4.22. The molecule has 2 N–H and O–H groups in total. The molecule has 0 spiro atoms. The smallest absolute Gasteiger partial charge is 0.303 e. The predicted octanol–water partition coefficient (Wildman–Crippen LogP) is 1.02. The van der Waals surface area contributed by atoms with Crippen LogP contribution in [0.3, 0.4) is 0 Å². The number of nitrogens with one attached hydrogen (secondary N) is 1. The number of aromatic nitrogens is 2. The summed E-state index contributed by atoms with van der Waals surface area (Å²) in [6.45, 7) is 9.36. The van der Waals surface area contributed by atoms with E-state index in [4.69, 9.17) is 5.11 Å². The van der Waals surface area contributed by atoms with E-state index in [9.17, 15) is 4.79 Å². The van der Waals surface area contributed by atoms with Crippen LogP contribution in [-0.4, -0.2) is 88.1 Å². The summed E-state index contributed by atoms with van der Waals surface area (Å²) in [5, 5.41) is 9.14. The van der Waals surface area contributed by atoms with Crippen LogP contribution in [0.5, 0.6) is 0 Å². The van der Waals surface area contributed by atoms with E-state index in [2.05, 4.69) is 38.6 Å². The number of carboxylic acid groups (broad SMARTS) is 1. The second-order valence-electron chi connectivity index (χ2n) is 7.60. The Kier molecular flexibility index (Phi) is 6.09. The number of piperidine rings is 1. The summed E-state index contributed by atoms with van der Waals surface area (Å²) >= 11 is 0. The van der Waals surface area contributed by atoms with Gasteiger partial charge in [-0.15, -0.1) is 0 Å². The molecule has 0 saturated carbocycles. The molecule has 2 atom stereocenters. The molecule has 140 valence electrons. The number of imidazole rings is 1. The molecule has 2 fully saturated rings. The Morgan fingerprint density at radius 1 is 1.32 bits per heavy atom. The lowest BCUT2D eigenvalue weighted by Gasteiger charge is -2.46. The maximum absolute atomic E-state index is 11.1. The fourth-order valence-electron chi connectivity index (χ4n) is 4.22. The average molecular weight is 349 g/mol. The van der Waals surface area contributed by atoms with Gasteiger partial charge in [0.05, 0.1) is 12.0 Å². The zero-order valence-corrected chi connectivity index (χ0v) is 15.4. The molecule has 2 saturated heterocycles. The number of piperazine rings is 1. The lowest BCUT2D eigenvalue weighted by Crippen LogP contribution is -2.56. The number of rotatable bonds is 6. The SMILES string of the molecule is Cc1[nH]cnc1CN1CC[C@@H](N2CCN(C)CC2)[C@@H](CCC(=O)O)C1. The van der Waals surface area contributed by atoms with E-state index in [1.807, 2.05) is 0 Å². The topological polar surface area (TPSA) is 75.7 Å². The third kappa shape index (κ3) is 4.80. The Balaban J connectivity index is 1.63. The van der Waals surface area contributed by atoms with Gasteiger partial charge in [0.25, 0.3) is 0 Å². The van der Waals surface area contributed by atoms with Crippen LogP contribution in [0.1, 0.15) is 30.7 Å². The van der Waals surface area contributed by atoms with E-state index in [1.165, 1.54) is 0 Å². The summed E-state index contributed by atoms with van der Waals surface area (Å²) in [6, 6.07) is 0.518. The first-order valence-electron chi connectivity index (χ1n) is 9.38. The maximum atomic E-state index is 11.1. The van der Waals surface area contributed by atoms with Gasteiger partial charge in [-0.05, 0) is 32.7 Å². The van der Waals surface area contributed by atoms with Crippen molar-refractivity contribution < 1.29 is 9.90 Å². The highest BCUT2D eigenvalue weighted by Crippen LogP contribution is 2.28. The van der Waals surface area contributed by atoms with Gasteiger partial charge >= 0.3 is 5.97 Å². The largest absolute Gasteiger partial charge is 0.481 e. The van der Waals surface area contributed by atoms with Crippen molar-refractivity contribution >= 4 is 5.97 Å². The summed E-state index contributed by atoms with van der Waals surface area (Å²) in [5.74, 6) is -0.259. The van der Waals surface area contributed by atoms with Crippen molar-refractivity contribution in [3.63, 3.8) is 0 Å². The number of nitrogens with zero attached hydrogens (tertiary/aromatic N) is 4. The molecule has 0 aromatic carbocycles. The molecule has 1 aromatic rings. The Labute approximate surface area is 150 Å². The Morgan fingerprint density at radius 3 is 2.72 bits per heavy atom. The highest BCUT2D eigenvalue weighted by Gasteiger charge is 2.34. The number of aromatic amines is 1. The predicted molar refractivity (Wildman–Crippen MR) is 96.4 cm³/mol. The van der Waals surface area contributed by atoms with Gasteiger partial charge in [-0.1, -0.05) is 0 Å². The second kappa shape index (κ2) is 8.29. The third-order valence-electron chi connectivity index (χ3n) is 5.82. The number of carbonyl (C=O) groups is 1. The molecule has 3 heterocycles. The minimum absolute atomic E-state index is 0.268. The first-order valence-corrected chi connectivity index (χ1v) is 9.38. The highest BCUT2D eigenvalue weighted by molar-refractivity contribution is 5.66. The minimum Gasteiger partial charge on any atom is -0.481 e. The van der Waals surface area contributed by atoms with Crippen molar-refractivity contribution in [2.45, 2.75) is 38.8 Å². The highest BCUT2D eigenvalue weighted by atomic mass is 16.4. The van der Waals surface area contributed by atoms with Crippen LogP contribution in [0.2, 0.25) is 0 Å². The van der Waals surface area contributed by atoms with Crippen molar-refractivity contribution in [1.29, 1.82) is 0 Å². The molecule has 2 aliphatic heterocycles. The van der Waals surface area contributed by atoms with Gasteiger partial charge in [0, 0.05) is 64.0 Å². The van der Waals surface area contributed by atoms with Crippen LogP contribution in [0.15, 0.2) is 6.33 Å². The monoisotopic (exact) mass is 349 g/mol. The molecule has 25 heavy (non-hydrogen) atoms. The Morgan fingerprint density at radius 2 is 2.08 bits per heavy atom. The van der Waals surface area contributed by atoms with Crippen LogP contribution >= 0.6 is 0 Å². The molecule has 0 bridgehead atoms. The molecule has 7 nitrogen and oxygen atoms in total. The van der Waals surface area contributed by atoms with E-state index in [-0.39, 0.29) is 6.42 Å². The molecule has 3 rings (SSSR count). The van der Waals surface area contributed by atoms with Gasteiger partial charge in [-0.2, -0.15) is 0 Å². The minimum atomic E-state index is -0.683. The maximum Gasteiger partial charge on any atom is 0.303 e. The van der Waals surface area contributed by atoms with E-state index in [0.29, 0.717) is 12.0 Å². The lowest BCUT2D eigenvalue weighted by atomic mass is 9.86. The van der Waals surface area contributed by atoms with Gasteiger partial charge in [-0.3, -0.25) is 14.6 Å². The van der Waals surface area contributed by atoms with E-state index >= 15 is 0 Å². The van der Waals surface area contributed by atoms with Crippen LogP contribution < -0.4 is 0 Å². The van der Waals surface area contributed by atoms with Gasteiger partial charge in [0.1, 0.15) is 0 Å². The molecule has 0 amide bonds. The molecule has 0 unspecified atom stereocenters. The molecule has 1 aromatic heterocycles. The van der Waals surface area contributed by atoms with Gasteiger partial charge in [0.15, 0.2) is 0 Å². The number of H-pyrrole nitrogens is 1. The molecular weight excluding hydrogens is 318 g/mol. The van der Waals surface area contributed by atoms with Crippen molar-refractivity contribution in [1.82, 2.24) is 24.7 Å². The van der Waals surface area contributed by atoms with E-state index < -0.39 is 5.97 Å². The summed E-state index contributed by atoms with van der Waals surface area (Å²) in [6.07, 6.45) is 3.91. The van der Waals surface area contributed by atoms with Crippen molar-refractivity contribution in [3.8, 4) is 0 Å². The van der Waals surface area contributed by atoms with E-state index in [0.717, 1.165) is 70.0 Å². The second-order valence-corrected chi connectivity index (χ2v) is 7.60. The first kappa shape index (κ1) is 18.4. The first-order chi connectivity index (χ1) is 12.0. The van der Waals surface area contributed by atoms with Crippen LogP contribution in [-0.2, 0) is 11.3 Å². The zero-order valence-electron chi connectivity index (χ0n) is 15.4. The van der Waals surface area contributed by atoms with E-state index in [1.54, 1.807) is 6.33 Å². The fraction of sp³-hybridized carbons (Fsp3) is 0.778. The van der Waals surface area contributed by atoms with Crippen molar-refractivity contribution in [2.75, 3.05) is 46.3 Å². The Hall–Kier alpha value is -1.44. The summed E-state index contributed by atoms with van der Waals surface area (Å²) in [7, 11) is 2.17. The average Bonchev–Trinajstić information content (AvgIpc) is 2.99. The number of likely N-dealkylation sites (N-methyl/N-ethyl adjacent to an activating group) is 1. The Bertz CT molecular complexity index is 568. The molecule has 2 aliphatic rings. The van der Waals surface area contributed by atoms with Gasteiger partial charge in [0.2, 0.25) is 0 Å². The van der Waals surface area contributed by atoms with Crippen molar-refractivity contribution in [2.24, 2.45) is 5.92 Å².